The molecule has 0 aliphatic carbocycles. The maximum Gasteiger partial charge on any atom is 0.229 e. The van der Waals surface area contributed by atoms with Gasteiger partial charge in [0, 0.05) is 18.7 Å². The van der Waals surface area contributed by atoms with Gasteiger partial charge in [-0.15, -0.1) is 0 Å². The van der Waals surface area contributed by atoms with Crippen LogP contribution in [0.15, 0.2) is 71.8 Å². The average molecular weight is 500 g/mol. The van der Waals surface area contributed by atoms with Gasteiger partial charge in [0.25, 0.3) is 0 Å². The molecular formula is C24H22FN3O4S2. The Labute approximate surface area is 200 Å². The number of hydrogen-bond acceptors (Lipinski definition) is 7. The topological polar surface area (TPSA) is 89.5 Å². The van der Waals surface area contributed by atoms with E-state index in [9.17, 15) is 17.6 Å². The number of rotatable bonds is 9. The summed E-state index contributed by atoms with van der Waals surface area (Å²) in [5, 5.41) is 0.500. The molecule has 7 nitrogen and oxygen atoms in total. The summed E-state index contributed by atoms with van der Waals surface area (Å²) in [4.78, 5) is 23.7. The van der Waals surface area contributed by atoms with E-state index in [1.54, 1.807) is 25.4 Å². The van der Waals surface area contributed by atoms with Gasteiger partial charge in [-0.05, 0) is 55.0 Å². The minimum atomic E-state index is -3.63. The van der Waals surface area contributed by atoms with Crippen molar-refractivity contribution in [1.29, 1.82) is 0 Å². The van der Waals surface area contributed by atoms with Crippen LogP contribution in [-0.4, -0.2) is 37.2 Å². The van der Waals surface area contributed by atoms with Crippen LogP contribution in [0.4, 0.5) is 9.52 Å². The second-order valence-corrected chi connectivity index (χ2v) is 10.6. The number of sulfone groups is 1. The first kappa shape index (κ1) is 23.8. The third-order valence-corrected chi connectivity index (χ3v) is 8.01. The Morgan fingerprint density at radius 3 is 2.62 bits per heavy atom. The number of carbonyl (C=O) groups is 1. The van der Waals surface area contributed by atoms with E-state index in [1.165, 1.54) is 28.4 Å². The third kappa shape index (κ3) is 5.57. The maximum atomic E-state index is 13.2. The Hall–Kier alpha value is -3.37. The van der Waals surface area contributed by atoms with Gasteiger partial charge in [0.2, 0.25) is 5.91 Å². The maximum absolute atomic E-state index is 13.2. The highest BCUT2D eigenvalue weighted by molar-refractivity contribution is 7.91. The van der Waals surface area contributed by atoms with E-state index < -0.39 is 15.7 Å². The Kier molecular flexibility index (Phi) is 7.18. The number of amides is 1. The summed E-state index contributed by atoms with van der Waals surface area (Å²) in [5.41, 5.74) is 1.39. The van der Waals surface area contributed by atoms with Gasteiger partial charge in [0.1, 0.15) is 11.6 Å². The predicted molar refractivity (Wildman–Crippen MR) is 129 cm³/mol. The van der Waals surface area contributed by atoms with Crippen molar-refractivity contribution in [2.24, 2.45) is 0 Å². The Morgan fingerprint density at radius 1 is 1.12 bits per heavy atom. The zero-order valence-corrected chi connectivity index (χ0v) is 20.0. The molecule has 0 fully saturated rings. The van der Waals surface area contributed by atoms with E-state index in [2.05, 4.69) is 9.97 Å². The lowest BCUT2D eigenvalue weighted by molar-refractivity contribution is -0.118. The summed E-state index contributed by atoms with van der Waals surface area (Å²) >= 11 is 1.37. The number of nitrogens with zero attached hydrogens (tertiary/aromatic N) is 3. The van der Waals surface area contributed by atoms with Crippen LogP contribution in [0.5, 0.6) is 5.75 Å². The van der Waals surface area contributed by atoms with Crippen molar-refractivity contribution in [3.05, 3.63) is 78.4 Å². The lowest BCUT2D eigenvalue weighted by atomic mass is 10.2. The highest BCUT2D eigenvalue weighted by Crippen LogP contribution is 2.32. The number of carbonyl (C=O) groups excluding carboxylic acids is 1. The summed E-state index contributed by atoms with van der Waals surface area (Å²) in [6.07, 6.45) is 1.78. The number of aromatic nitrogens is 2. The van der Waals surface area contributed by atoms with Crippen LogP contribution in [0.1, 0.15) is 18.5 Å². The molecule has 2 aromatic heterocycles. The van der Waals surface area contributed by atoms with E-state index in [0.29, 0.717) is 22.1 Å². The molecule has 4 aromatic rings. The fourth-order valence-corrected chi connectivity index (χ4v) is 5.64. The minimum absolute atomic E-state index is 0.00645. The van der Waals surface area contributed by atoms with Crippen LogP contribution < -0.4 is 9.64 Å². The van der Waals surface area contributed by atoms with Gasteiger partial charge < -0.3 is 4.74 Å². The molecule has 0 spiro atoms. The highest BCUT2D eigenvalue weighted by atomic mass is 32.2. The van der Waals surface area contributed by atoms with Gasteiger partial charge in [-0.25, -0.2) is 17.8 Å². The molecule has 2 aromatic carbocycles. The molecule has 1 amide bonds. The van der Waals surface area contributed by atoms with E-state index in [4.69, 9.17) is 4.74 Å². The van der Waals surface area contributed by atoms with E-state index in [1.807, 2.05) is 24.3 Å². The molecule has 0 aliphatic rings. The molecule has 34 heavy (non-hydrogen) atoms. The molecule has 0 saturated carbocycles. The number of methoxy groups -OCH3 is 1. The smallest absolute Gasteiger partial charge is 0.229 e. The summed E-state index contributed by atoms with van der Waals surface area (Å²) in [5.74, 6) is -0.324. The van der Waals surface area contributed by atoms with Crippen LogP contribution >= 0.6 is 11.3 Å². The zero-order chi connectivity index (χ0) is 24.1. The van der Waals surface area contributed by atoms with Gasteiger partial charge in [-0.2, -0.15) is 0 Å². The molecule has 0 atom stereocenters. The Balaban J connectivity index is 1.53. The molecular weight excluding hydrogens is 477 g/mol. The quantitative estimate of drug-likeness (QED) is 0.312. The molecule has 0 unspecified atom stereocenters. The van der Waals surface area contributed by atoms with E-state index in [-0.39, 0.29) is 35.9 Å². The third-order valence-electron chi connectivity index (χ3n) is 5.14. The first-order valence-electron chi connectivity index (χ1n) is 10.5. The Bertz CT molecular complexity index is 1390. The zero-order valence-electron chi connectivity index (χ0n) is 18.3. The standard InChI is InChI=1S/C24H22FN3O4S2/c1-32-19-9-12-22-21(15-19)27-24(33-22)28(16-18-5-2-3-13-26-18)23(29)6-4-14-34(30,31)20-10-7-17(25)8-11-20/h2-3,5,7-13,15H,4,6,14,16H2,1H3. The molecule has 0 bridgehead atoms. The van der Waals surface area contributed by atoms with Crippen molar-refractivity contribution in [2.45, 2.75) is 24.3 Å². The van der Waals surface area contributed by atoms with Gasteiger partial charge in [0.05, 0.1) is 40.2 Å². The van der Waals surface area contributed by atoms with Crippen LogP contribution in [0.3, 0.4) is 0 Å². The van der Waals surface area contributed by atoms with Crippen LogP contribution in [0.25, 0.3) is 10.2 Å². The van der Waals surface area contributed by atoms with Crippen LogP contribution in [-0.2, 0) is 21.2 Å². The number of pyridine rings is 1. The molecule has 0 radical (unpaired) electrons. The molecule has 0 aliphatic heterocycles. The monoisotopic (exact) mass is 499 g/mol. The fourth-order valence-electron chi connectivity index (χ4n) is 3.36. The number of hydrogen-bond donors (Lipinski definition) is 0. The normalized spacial score (nSPS) is 11.5. The minimum Gasteiger partial charge on any atom is -0.497 e. The van der Waals surface area contributed by atoms with Crippen molar-refractivity contribution in [1.82, 2.24) is 9.97 Å². The van der Waals surface area contributed by atoms with Crippen molar-refractivity contribution >= 4 is 42.4 Å². The molecule has 0 saturated heterocycles. The fraction of sp³-hybridized carbons (Fsp3) is 0.208. The predicted octanol–water partition coefficient (Wildman–Crippen LogP) is 4.63. The summed E-state index contributed by atoms with van der Waals surface area (Å²) in [6, 6.07) is 15.6. The lowest BCUT2D eigenvalue weighted by Crippen LogP contribution is -2.30. The average Bonchev–Trinajstić information content (AvgIpc) is 3.26. The second kappa shape index (κ2) is 10.3. The van der Waals surface area contributed by atoms with Gasteiger partial charge in [-0.1, -0.05) is 17.4 Å². The van der Waals surface area contributed by atoms with Crippen molar-refractivity contribution in [3.63, 3.8) is 0 Å². The lowest BCUT2D eigenvalue weighted by Gasteiger charge is -2.19. The van der Waals surface area contributed by atoms with E-state index in [0.717, 1.165) is 16.8 Å². The highest BCUT2D eigenvalue weighted by Gasteiger charge is 2.22. The SMILES string of the molecule is COc1ccc2sc(N(Cc3ccccn3)C(=O)CCCS(=O)(=O)c3ccc(F)cc3)nc2c1. The first-order chi connectivity index (χ1) is 16.4. The van der Waals surface area contributed by atoms with Gasteiger partial charge in [0.15, 0.2) is 15.0 Å². The van der Waals surface area contributed by atoms with Crippen LogP contribution in [0.2, 0.25) is 0 Å². The van der Waals surface area contributed by atoms with Crippen molar-refractivity contribution in [3.8, 4) is 5.75 Å². The molecule has 176 valence electrons. The molecule has 4 rings (SSSR count). The summed E-state index contributed by atoms with van der Waals surface area (Å²) < 4.78 is 44.4. The number of ether oxygens (including phenoxy) is 1. The summed E-state index contributed by atoms with van der Waals surface area (Å²) in [6.45, 7) is 0.210. The number of anilines is 1. The number of halogens is 1. The number of fused-ring (bicyclic) bond motifs is 1. The first-order valence-corrected chi connectivity index (χ1v) is 13.0. The van der Waals surface area contributed by atoms with Crippen molar-refractivity contribution in [2.75, 3.05) is 17.8 Å². The number of benzene rings is 2. The van der Waals surface area contributed by atoms with Gasteiger partial charge in [-0.3, -0.25) is 14.7 Å². The van der Waals surface area contributed by atoms with E-state index >= 15 is 0 Å². The molecule has 0 N–H and O–H groups in total. The van der Waals surface area contributed by atoms with Gasteiger partial charge >= 0.3 is 0 Å². The Morgan fingerprint density at radius 2 is 1.91 bits per heavy atom. The van der Waals surface area contributed by atoms with Crippen molar-refractivity contribution < 1.29 is 22.3 Å². The molecule has 10 heteroatoms. The number of thiazole rings is 1. The summed E-state index contributed by atoms with van der Waals surface area (Å²) in [7, 11) is -2.05. The second-order valence-electron chi connectivity index (χ2n) is 7.51. The molecule has 2 heterocycles. The largest absolute Gasteiger partial charge is 0.497 e. The van der Waals surface area contributed by atoms with Crippen LogP contribution in [0, 0.1) is 5.82 Å².